The van der Waals surface area contributed by atoms with E-state index >= 15 is 0 Å². The van der Waals surface area contributed by atoms with E-state index in [9.17, 15) is 4.79 Å². The van der Waals surface area contributed by atoms with Gasteiger partial charge in [-0.15, -0.1) is 0 Å². The topological polar surface area (TPSA) is 68.0 Å². The SMILES string of the molecule is CCC(NC(=O)Cc1ccc(N)cn1)c1ccccc1. The average Bonchev–Trinajstić information content (AvgIpc) is 2.48. The number of carbonyl (C=O) groups is 1. The van der Waals surface area contributed by atoms with E-state index < -0.39 is 0 Å². The zero-order chi connectivity index (χ0) is 14.4. The van der Waals surface area contributed by atoms with Gasteiger partial charge in [-0.3, -0.25) is 9.78 Å². The van der Waals surface area contributed by atoms with Gasteiger partial charge in [-0.2, -0.15) is 0 Å². The third-order valence-electron chi connectivity index (χ3n) is 3.13. The minimum Gasteiger partial charge on any atom is -0.397 e. The molecule has 1 aromatic heterocycles. The minimum absolute atomic E-state index is 0.0297. The van der Waals surface area contributed by atoms with Gasteiger partial charge in [0.2, 0.25) is 5.91 Å². The van der Waals surface area contributed by atoms with Crippen molar-refractivity contribution >= 4 is 11.6 Å². The Hall–Kier alpha value is -2.36. The van der Waals surface area contributed by atoms with Crippen LogP contribution in [0.3, 0.4) is 0 Å². The van der Waals surface area contributed by atoms with E-state index in [1.807, 2.05) is 30.3 Å². The van der Waals surface area contributed by atoms with Crippen LogP contribution in [0.4, 0.5) is 5.69 Å². The monoisotopic (exact) mass is 269 g/mol. The van der Waals surface area contributed by atoms with Crippen LogP contribution in [-0.4, -0.2) is 10.9 Å². The Morgan fingerprint density at radius 2 is 2.00 bits per heavy atom. The molecule has 3 N–H and O–H groups in total. The molecule has 0 radical (unpaired) electrons. The molecule has 2 aromatic rings. The molecule has 1 atom stereocenters. The quantitative estimate of drug-likeness (QED) is 0.876. The van der Waals surface area contributed by atoms with Crippen LogP contribution in [0.2, 0.25) is 0 Å². The number of pyridine rings is 1. The summed E-state index contributed by atoms with van der Waals surface area (Å²) < 4.78 is 0. The lowest BCUT2D eigenvalue weighted by Gasteiger charge is -2.17. The summed E-state index contributed by atoms with van der Waals surface area (Å²) in [6, 6.07) is 13.5. The van der Waals surface area contributed by atoms with E-state index in [1.165, 1.54) is 0 Å². The van der Waals surface area contributed by atoms with Crippen molar-refractivity contribution in [2.75, 3.05) is 5.73 Å². The first kappa shape index (κ1) is 14.1. The van der Waals surface area contributed by atoms with Crippen molar-refractivity contribution in [3.8, 4) is 0 Å². The highest BCUT2D eigenvalue weighted by Gasteiger charge is 2.12. The summed E-state index contributed by atoms with van der Waals surface area (Å²) in [5.74, 6) is -0.0297. The number of anilines is 1. The Kier molecular flexibility index (Phi) is 4.71. The predicted octanol–water partition coefficient (Wildman–Crippen LogP) is 2.47. The number of nitrogen functional groups attached to an aromatic ring is 1. The molecule has 1 heterocycles. The van der Waals surface area contributed by atoms with Gasteiger partial charge < -0.3 is 11.1 Å². The van der Waals surface area contributed by atoms with Crippen molar-refractivity contribution in [2.45, 2.75) is 25.8 Å². The first-order valence-corrected chi connectivity index (χ1v) is 6.73. The highest BCUT2D eigenvalue weighted by atomic mass is 16.1. The molecular formula is C16H19N3O. The van der Waals surface area contributed by atoms with Gasteiger partial charge in [0.15, 0.2) is 0 Å². The molecule has 0 aliphatic heterocycles. The number of benzene rings is 1. The molecule has 0 fully saturated rings. The molecular weight excluding hydrogens is 250 g/mol. The number of aromatic nitrogens is 1. The summed E-state index contributed by atoms with van der Waals surface area (Å²) in [5.41, 5.74) is 8.02. The maximum absolute atomic E-state index is 12.1. The van der Waals surface area contributed by atoms with E-state index in [0.29, 0.717) is 5.69 Å². The van der Waals surface area contributed by atoms with Gasteiger partial charge in [0, 0.05) is 5.69 Å². The van der Waals surface area contributed by atoms with E-state index in [1.54, 1.807) is 18.3 Å². The van der Waals surface area contributed by atoms with Gasteiger partial charge in [0.05, 0.1) is 24.3 Å². The second-order valence-electron chi connectivity index (χ2n) is 4.70. The fraction of sp³-hybridized carbons (Fsp3) is 0.250. The van der Waals surface area contributed by atoms with Crippen LogP contribution in [0, 0.1) is 0 Å². The zero-order valence-electron chi connectivity index (χ0n) is 11.5. The smallest absolute Gasteiger partial charge is 0.226 e. The van der Waals surface area contributed by atoms with Crippen molar-refractivity contribution in [3.05, 3.63) is 59.9 Å². The molecule has 0 aliphatic carbocycles. The standard InChI is InChI=1S/C16H19N3O/c1-2-15(12-6-4-3-5-7-12)19-16(20)10-14-9-8-13(17)11-18-14/h3-9,11,15H,2,10,17H2,1H3,(H,19,20). The van der Waals surface area contributed by atoms with Gasteiger partial charge in [0.25, 0.3) is 0 Å². The Bertz CT molecular complexity index is 552. The summed E-state index contributed by atoms with van der Waals surface area (Å²) in [4.78, 5) is 16.2. The first-order valence-electron chi connectivity index (χ1n) is 6.73. The van der Waals surface area contributed by atoms with Crippen LogP contribution < -0.4 is 11.1 Å². The molecule has 0 spiro atoms. The van der Waals surface area contributed by atoms with E-state index in [-0.39, 0.29) is 18.4 Å². The molecule has 1 aromatic carbocycles. The van der Waals surface area contributed by atoms with Crippen molar-refractivity contribution in [1.82, 2.24) is 10.3 Å². The number of nitrogens with zero attached hydrogens (tertiary/aromatic N) is 1. The number of nitrogens with two attached hydrogens (primary N) is 1. The maximum atomic E-state index is 12.1. The fourth-order valence-corrected chi connectivity index (χ4v) is 2.06. The van der Waals surface area contributed by atoms with E-state index in [0.717, 1.165) is 17.7 Å². The summed E-state index contributed by atoms with van der Waals surface area (Å²) in [6.45, 7) is 2.05. The Morgan fingerprint density at radius 1 is 1.25 bits per heavy atom. The molecule has 1 amide bonds. The van der Waals surface area contributed by atoms with Crippen LogP contribution in [0.15, 0.2) is 48.7 Å². The third kappa shape index (κ3) is 3.82. The van der Waals surface area contributed by atoms with Crippen LogP contribution in [0.25, 0.3) is 0 Å². The number of rotatable bonds is 5. The number of nitrogens with one attached hydrogen (secondary N) is 1. The van der Waals surface area contributed by atoms with Crippen LogP contribution in [0.5, 0.6) is 0 Å². The second kappa shape index (κ2) is 6.70. The molecule has 2 rings (SSSR count). The van der Waals surface area contributed by atoms with Crippen molar-refractivity contribution in [2.24, 2.45) is 0 Å². The molecule has 0 bridgehead atoms. The minimum atomic E-state index is -0.0297. The second-order valence-corrected chi connectivity index (χ2v) is 4.70. The van der Waals surface area contributed by atoms with Gasteiger partial charge in [0.1, 0.15) is 0 Å². The molecule has 0 aliphatic rings. The molecule has 4 heteroatoms. The van der Waals surface area contributed by atoms with Gasteiger partial charge in [-0.25, -0.2) is 0 Å². The normalized spacial score (nSPS) is 11.8. The van der Waals surface area contributed by atoms with Crippen LogP contribution in [0.1, 0.15) is 30.6 Å². The highest BCUT2D eigenvalue weighted by Crippen LogP contribution is 2.16. The molecule has 1 unspecified atom stereocenters. The van der Waals surface area contributed by atoms with Crippen molar-refractivity contribution in [1.29, 1.82) is 0 Å². The van der Waals surface area contributed by atoms with Crippen molar-refractivity contribution in [3.63, 3.8) is 0 Å². The van der Waals surface area contributed by atoms with Gasteiger partial charge >= 0.3 is 0 Å². The molecule has 0 saturated carbocycles. The highest BCUT2D eigenvalue weighted by molar-refractivity contribution is 5.78. The van der Waals surface area contributed by atoms with Crippen molar-refractivity contribution < 1.29 is 4.79 Å². The van der Waals surface area contributed by atoms with Gasteiger partial charge in [-0.05, 0) is 24.1 Å². The number of hydrogen-bond donors (Lipinski definition) is 2. The Labute approximate surface area is 119 Å². The lowest BCUT2D eigenvalue weighted by molar-refractivity contribution is -0.121. The third-order valence-corrected chi connectivity index (χ3v) is 3.13. The predicted molar refractivity (Wildman–Crippen MR) is 80.0 cm³/mol. The zero-order valence-corrected chi connectivity index (χ0v) is 11.5. The number of carbonyl (C=O) groups excluding carboxylic acids is 1. The Morgan fingerprint density at radius 3 is 2.60 bits per heavy atom. The van der Waals surface area contributed by atoms with Crippen LogP contribution >= 0.6 is 0 Å². The maximum Gasteiger partial charge on any atom is 0.226 e. The molecule has 20 heavy (non-hydrogen) atoms. The molecule has 0 saturated heterocycles. The fourth-order valence-electron chi connectivity index (χ4n) is 2.06. The van der Waals surface area contributed by atoms with Gasteiger partial charge in [-0.1, -0.05) is 37.3 Å². The first-order chi connectivity index (χ1) is 9.69. The molecule has 104 valence electrons. The van der Waals surface area contributed by atoms with E-state index in [4.69, 9.17) is 5.73 Å². The average molecular weight is 269 g/mol. The summed E-state index contributed by atoms with van der Waals surface area (Å²) >= 11 is 0. The van der Waals surface area contributed by atoms with E-state index in [2.05, 4.69) is 17.2 Å². The lowest BCUT2D eigenvalue weighted by atomic mass is 10.0. The van der Waals surface area contributed by atoms with Crippen LogP contribution in [-0.2, 0) is 11.2 Å². The molecule has 4 nitrogen and oxygen atoms in total. The summed E-state index contributed by atoms with van der Waals surface area (Å²) in [6.07, 6.45) is 2.69. The number of amides is 1. The Balaban J connectivity index is 1.97. The number of hydrogen-bond acceptors (Lipinski definition) is 3. The summed E-state index contributed by atoms with van der Waals surface area (Å²) in [7, 11) is 0. The lowest BCUT2D eigenvalue weighted by Crippen LogP contribution is -2.29. The largest absolute Gasteiger partial charge is 0.397 e. The summed E-state index contributed by atoms with van der Waals surface area (Å²) in [5, 5.41) is 3.04.